The molecule has 0 radical (unpaired) electrons. The predicted octanol–water partition coefficient (Wildman–Crippen LogP) is 4.97. The molecule has 1 aromatic heterocycles. The number of aliphatic imine (C=N–C) groups is 1. The standard InChI is InChI=1S/C25H39N5O.HI/c1-7-26-24(27-15-12-23-18(2)29-31-19(23)3)28-21-13-16-30(17-14-21)22-10-8-20(9-11-22)25(4,5)6;/h8-11,21H,7,12-17H2,1-6H3,(H2,26,27,28);1H. The van der Waals surface area contributed by atoms with E-state index in [4.69, 9.17) is 9.52 Å². The summed E-state index contributed by atoms with van der Waals surface area (Å²) in [5.41, 5.74) is 5.05. The Kier molecular flexibility index (Phi) is 9.85. The smallest absolute Gasteiger partial charge is 0.191 e. The van der Waals surface area contributed by atoms with E-state index in [9.17, 15) is 0 Å². The van der Waals surface area contributed by atoms with E-state index in [1.807, 2.05) is 13.8 Å². The van der Waals surface area contributed by atoms with Crippen molar-refractivity contribution in [3.05, 3.63) is 46.8 Å². The number of rotatable bonds is 6. The van der Waals surface area contributed by atoms with Crippen molar-refractivity contribution in [2.75, 3.05) is 31.1 Å². The van der Waals surface area contributed by atoms with Gasteiger partial charge in [-0.15, -0.1) is 24.0 Å². The first-order chi connectivity index (χ1) is 14.8. The number of aromatic nitrogens is 1. The lowest BCUT2D eigenvalue weighted by atomic mass is 9.87. The average molecular weight is 554 g/mol. The van der Waals surface area contributed by atoms with Crippen LogP contribution in [0, 0.1) is 13.8 Å². The van der Waals surface area contributed by atoms with Crippen LogP contribution in [0.25, 0.3) is 0 Å². The third-order valence-corrected chi connectivity index (χ3v) is 6.09. The number of aryl methyl sites for hydroxylation is 2. The van der Waals surface area contributed by atoms with Gasteiger partial charge in [-0.05, 0) is 63.1 Å². The van der Waals surface area contributed by atoms with Gasteiger partial charge in [-0.2, -0.15) is 0 Å². The minimum absolute atomic E-state index is 0. The van der Waals surface area contributed by atoms with E-state index in [0.29, 0.717) is 6.04 Å². The van der Waals surface area contributed by atoms with Gasteiger partial charge in [0.25, 0.3) is 0 Å². The Balaban J connectivity index is 0.00000363. The number of guanidine groups is 1. The highest BCUT2D eigenvalue weighted by atomic mass is 127. The van der Waals surface area contributed by atoms with Crippen LogP contribution in [0.4, 0.5) is 5.69 Å². The number of halogens is 1. The van der Waals surface area contributed by atoms with Crippen LogP contribution in [0.1, 0.15) is 63.1 Å². The Morgan fingerprint density at radius 1 is 1.16 bits per heavy atom. The minimum atomic E-state index is 0. The minimum Gasteiger partial charge on any atom is -0.371 e. The summed E-state index contributed by atoms with van der Waals surface area (Å²) in [5.74, 6) is 1.80. The molecule has 1 aromatic carbocycles. The Morgan fingerprint density at radius 3 is 2.34 bits per heavy atom. The molecule has 1 aliphatic rings. The molecule has 0 amide bonds. The summed E-state index contributed by atoms with van der Waals surface area (Å²) < 4.78 is 5.26. The van der Waals surface area contributed by atoms with Crippen molar-refractivity contribution in [3.8, 4) is 0 Å². The molecule has 0 aliphatic carbocycles. The molecule has 2 heterocycles. The van der Waals surface area contributed by atoms with Crippen LogP contribution in [-0.2, 0) is 11.8 Å². The van der Waals surface area contributed by atoms with Crippen LogP contribution in [0.5, 0.6) is 0 Å². The van der Waals surface area contributed by atoms with Crippen LogP contribution in [0.3, 0.4) is 0 Å². The second-order valence-corrected chi connectivity index (χ2v) is 9.52. The third-order valence-electron chi connectivity index (χ3n) is 6.09. The van der Waals surface area contributed by atoms with Crippen LogP contribution < -0.4 is 15.5 Å². The van der Waals surface area contributed by atoms with Crippen LogP contribution in [0.15, 0.2) is 33.8 Å². The van der Waals surface area contributed by atoms with E-state index in [2.05, 4.69) is 72.7 Å². The first kappa shape index (κ1) is 26.5. The van der Waals surface area contributed by atoms with Crippen molar-refractivity contribution in [1.29, 1.82) is 0 Å². The molecule has 1 fully saturated rings. The van der Waals surface area contributed by atoms with Gasteiger partial charge in [0, 0.05) is 43.5 Å². The van der Waals surface area contributed by atoms with E-state index in [1.165, 1.54) is 16.8 Å². The number of nitrogens with zero attached hydrogens (tertiary/aromatic N) is 3. The Hall–Kier alpha value is -1.77. The molecule has 3 rings (SSSR count). The summed E-state index contributed by atoms with van der Waals surface area (Å²) in [6.45, 7) is 16.5. The molecule has 6 nitrogen and oxygen atoms in total. The first-order valence-corrected chi connectivity index (χ1v) is 11.6. The molecular formula is C25H40IN5O. The lowest BCUT2D eigenvalue weighted by Crippen LogP contribution is -2.48. The summed E-state index contributed by atoms with van der Waals surface area (Å²) in [6.07, 6.45) is 3.06. The molecule has 178 valence electrons. The number of hydrogen-bond acceptors (Lipinski definition) is 4. The zero-order valence-electron chi connectivity index (χ0n) is 20.5. The fourth-order valence-corrected chi connectivity index (χ4v) is 4.11. The quantitative estimate of drug-likeness (QED) is 0.301. The highest BCUT2D eigenvalue weighted by Gasteiger charge is 2.21. The van der Waals surface area contributed by atoms with Gasteiger partial charge in [-0.25, -0.2) is 0 Å². The summed E-state index contributed by atoms with van der Waals surface area (Å²) in [7, 11) is 0. The molecule has 0 atom stereocenters. The summed E-state index contributed by atoms with van der Waals surface area (Å²) in [4.78, 5) is 7.28. The SMILES string of the molecule is CCNC(=NCCc1c(C)noc1C)NC1CCN(c2ccc(C(C)(C)C)cc2)CC1.I. The predicted molar refractivity (Wildman–Crippen MR) is 145 cm³/mol. The number of anilines is 1. The number of nitrogens with one attached hydrogen (secondary N) is 2. The second-order valence-electron chi connectivity index (χ2n) is 9.52. The molecule has 1 saturated heterocycles. The van der Waals surface area contributed by atoms with Crippen LogP contribution in [-0.4, -0.2) is 43.3 Å². The largest absolute Gasteiger partial charge is 0.371 e. The highest BCUT2D eigenvalue weighted by molar-refractivity contribution is 14.0. The molecule has 0 bridgehead atoms. The maximum atomic E-state index is 5.26. The van der Waals surface area contributed by atoms with E-state index in [-0.39, 0.29) is 29.4 Å². The molecule has 0 unspecified atom stereocenters. The fraction of sp³-hybridized carbons (Fsp3) is 0.600. The van der Waals surface area contributed by atoms with Crippen LogP contribution >= 0.6 is 24.0 Å². The van der Waals surface area contributed by atoms with Crippen molar-refractivity contribution in [1.82, 2.24) is 15.8 Å². The van der Waals surface area contributed by atoms with E-state index in [0.717, 1.165) is 62.9 Å². The number of benzene rings is 1. The topological polar surface area (TPSA) is 65.7 Å². The molecule has 32 heavy (non-hydrogen) atoms. The maximum Gasteiger partial charge on any atom is 0.191 e. The zero-order valence-corrected chi connectivity index (χ0v) is 22.8. The average Bonchev–Trinajstić information content (AvgIpc) is 3.06. The fourth-order valence-electron chi connectivity index (χ4n) is 4.11. The Morgan fingerprint density at radius 2 is 1.81 bits per heavy atom. The summed E-state index contributed by atoms with van der Waals surface area (Å²) in [5, 5.41) is 11.1. The van der Waals surface area contributed by atoms with Gasteiger partial charge < -0.3 is 20.1 Å². The molecule has 2 aromatic rings. The normalized spacial score (nSPS) is 15.4. The zero-order chi connectivity index (χ0) is 22.4. The maximum absolute atomic E-state index is 5.26. The van der Waals surface area contributed by atoms with Gasteiger partial charge in [-0.3, -0.25) is 4.99 Å². The monoisotopic (exact) mass is 553 g/mol. The second kappa shape index (κ2) is 11.9. The molecule has 7 heteroatoms. The van der Waals surface area contributed by atoms with Gasteiger partial charge in [0.15, 0.2) is 5.96 Å². The van der Waals surface area contributed by atoms with Gasteiger partial charge >= 0.3 is 0 Å². The van der Waals surface area contributed by atoms with E-state index in [1.54, 1.807) is 0 Å². The van der Waals surface area contributed by atoms with Gasteiger partial charge in [0.05, 0.1) is 5.69 Å². The van der Waals surface area contributed by atoms with Crippen molar-refractivity contribution >= 4 is 35.6 Å². The van der Waals surface area contributed by atoms with E-state index < -0.39 is 0 Å². The van der Waals surface area contributed by atoms with E-state index >= 15 is 0 Å². The summed E-state index contributed by atoms with van der Waals surface area (Å²) >= 11 is 0. The molecule has 0 saturated carbocycles. The highest BCUT2D eigenvalue weighted by Crippen LogP contribution is 2.26. The Labute approximate surface area is 210 Å². The molecule has 1 aliphatic heterocycles. The van der Waals surface area contributed by atoms with Crippen LogP contribution in [0.2, 0.25) is 0 Å². The van der Waals surface area contributed by atoms with Gasteiger partial charge in [0.2, 0.25) is 0 Å². The first-order valence-electron chi connectivity index (χ1n) is 11.6. The van der Waals surface area contributed by atoms with Crippen molar-refractivity contribution < 1.29 is 4.52 Å². The van der Waals surface area contributed by atoms with Gasteiger partial charge in [-0.1, -0.05) is 38.1 Å². The van der Waals surface area contributed by atoms with Crippen molar-refractivity contribution in [2.45, 2.75) is 72.3 Å². The number of hydrogen-bond donors (Lipinski definition) is 2. The van der Waals surface area contributed by atoms with Crippen molar-refractivity contribution in [2.24, 2.45) is 4.99 Å². The molecular weight excluding hydrogens is 513 g/mol. The summed E-state index contributed by atoms with van der Waals surface area (Å²) in [6, 6.07) is 9.54. The van der Waals surface area contributed by atoms with Gasteiger partial charge in [0.1, 0.15) is 5.76 Å². The molecule has 2 N–H and O–H groups in total. The van der Waals surface area contributed by atoms with Crippen molar-refractivity contribution in [3.63, 3.8) is 0 Å². The Bertz CT molecular complexity index is 842. The number of piperidine rings is 1. The lowest BCUT2D eigenvalue weighted by Gasteiger charge is -2.35. The third kappa shape index (κ3) is 7.12. The molecule has 0 spiro atoms. The lowest BCUT2D eigenvalue weighted by molar-refractivity contribution is 0.392.